The number of allylic oxidation sites excluding steroid dienone is 6. The van der Waals surface area contributed by atoms with Crippen LogP contribution >= 0.6 is 0 Å². The summed E-state index contributed by atoms with van der Waals surface area (Å²) in [5, 5.41) is 24.9. The maximum atomic E-state index is 10.1. The Kier molecular flexibility index (Phi) is 28.1. The fourth-order valence-electron chi connectivity index (χ4n) is 1.04. The number of carboxylic acids is 3. The van der Waals surface area contributed by atoms with E-state index in [0.717, 1.165) is 0 Å². The van der Waals surface area contributed by atoms with Crippen LogP contribution in [0.3, 0.4) is 0 Å². The van der Waals surface area contributed by atoms with Gasteiger partial charge in [-0.15, -0.1) is 19.7 Å². The minimum absolute atomic E-state index is 0. The molecule has 0 aromatic heterocycles. The molecule has 0 radical (unpaired) electrons. The molecule has 7 heteroatoms. The third kappa shape index (κ3) is 26.5. The summed E-state index contributed by atoms with van der Waals surface area (Å²) in [7, 11) is 0. The third-order valence-corrected chi connectivity index (χ3v) is 2.78. The first-order valence-corrected chi connectivity index (χ1v) is 8.07. The molecule has 0 atom stereocenters. The van der Waals surface area contributed by atoms with E-state index in [1.165, 1.54) is 0 Å². The van der Waals surface area contributed by atoms with Crippen molar-refractivity contribution < 1.29 is 71.5 Å². The van der Waals surface area contributed by atoms with E-state index in [2.05, 4.69) is 19.7 Å². The van der Waals surface area contributed by atoms with E-state index >= 15 is 0 Å². The summed E-state index contributed by atoms with van der Waals surface area (Å²) in [6.07, 6.45) is 11.7. The van der Waals surface area contributed by atoms with Crippen LogP contribution in [0.1, 0.15) is 40.0 Å². The van der Waals surface area contributed by atoms with Crippen molar-refractivity contribution in [3.05, 3.63) is 72.9 Å². The van der Waals surface area contributed by atoms with Crippen molar-refractivity contribution in [1.82, 2.24) is 0 Å². The molecule has 0 saturated heterocycles. The third-order valence-electron chi connectivity index (χ3n) is 2.78. The first-order chi connectivity index (χ1) is 12.5. The minimum atomic E-state index is -0.864. The summed E-state index contributed by atoms with van der Waals surface area (Å²) in [5.41, 5.74) is 1.11. The summed E-state index contributed by atoms with van der Waals surface area (Å²) in [4.78, 5) is 30.3. The molecule has 0 spiro atoms. The van der Waals surface area contributed by atoms with Gasteiger partial charge in [-0.2, -0.15) is 0 Å². The van der Waals surface area contributed by atoms with Crippen LogP contribution in [-0.4, -0.2) is 33.2 Å². The molecule has 0 rings (SSSR count). The number of carboxylic acid groups (broad SMARTS) is 3. The molecule has 3 N–H and O–H groups in total. The van der Waals surface area contributed by atoms with Gasteiger partial charge in [-0.3, -0.25) is 0 Å². The van der Waals surface area contributed by atoms with Crippen molar-refractivity contribution in [2.45, 2.75) is 40.0 Å². The van der Waals surface area contributed by atoms with Gasteiger partial charge in [0.15, 0.2) is 0 Å². The van der Waals surface area contributed by atoms with Crippen molar-refractivity contribution in [2.75, 3.05) is 0 Å². The summed E-state index contributed by atoms with van der Waals surface area (Å²) in [6, 6.07) is 0. The normalized spacial score (nSPS) is 10.6. The van der Waals surface area contributed by atoms with E-state index in [1.807, 2.05) is 0 Å². The Bertz CT molecular complexity index is 527. The van der Waals surface area contributed by atoms with Gasteiger partial charge in [-0.1, -0.05) is 36.5 Å². The SMILES string of the molecule is C=CCC=C(C)C(=O)O.C=CCC=C(C)C(=O)O.C=CCC=C(C)C(=O)O.[Ce]. The molecule has 0 fully saturated rings. The van der Waals surface area contributed by atoms with E-state index in [9.17, 15) is 14.4 Å². The quantitative estimate of drug-likeness (QED) is 0.299. The Morgan fingerprint density at radius 1 is 0.607 bits per heavy atom. The van der Waals surface area contributed by atoms with E-state index < -0.39 is 17.9 Å². The number of hydrogen-bond donors (Lipinski definition) is 3. The van der Waals surface area contributed by atoms with Crippen LogP contribution in [0, 0.1) is 41.7 Å². The van der Waals surface area contributed by atoms with Crippen molar-refractivity contribution >= 4 is 17.9 Å². The van der Waals surface area contributed by atoms with Gasteiger partial charge in [-0.25, -0.2) is 14.4 Å². The maximum Gasteiger partial charge on any atom is 0.330 e. The van der Waals surface area contributed by atoms with Gasteiger partial charge < -0.3 is 15.3 Å². The Morgan fingerprint density at radius 3 is 0.893 bits per heavy atom. The predicted octanol–water partition coefficient (Wildman–Crippen LogP) is 4.78. The van der Waals surface area contributed by atoms with Crippen LogP contribution in [0.15, 0.2) is 72.9 Å². The Labute approximate surface area is 201 Å². The fourth-order valence-corrected chi connectivity index (χ4v) is 1.04. The molecule has 0 unspecified atom stereocenters. The van der Waals surface area contributed by atoms with Gasteiger partial charge in [0.25, 0.3) is 0 Å². The van der Waals surface area contributed by atoms with E-state index in [0.29, 0.717) is 36.0 Å². The van der Waals surface area contributed by atoms with Gasteiger partial charge in [-0.05, 0) is 40.0 Å². The molecular formula is C21H30CeO6. The number of aliphatic carboxylic acids is 3. The van der Waals surface area contributed by atoms with Gasteiger partial charge in [0.2, 0.25) is 0 Å². The molecule has 0 aliphatic heterocycles. The molecule has 0 aromatic rings. The van der Waals surface area contributed by atoms with Crippen LogP contribution < -0.4 is 0 Å². The summed E-state index contributed by atoms with van der Waals surface area (Å²) >= 11 is 0. The molecule has 0 bridgehead atoms. The summed E-state index contributed by atoms with van der Waals surface area (Å²) < 4.78 is 0. The molecular weight excluding hydrogens is 488 g/mol. The molecule has 0 amide bonds. The van der Waals surface area contributed by atoms with E-state index in [-0.39, 0.29) is 41.7 Å². The minimum Gasteiger partial charge on any atom is -0.478 e. The van der Waals surface area contributed by atoms with Crippen molar-refractivity contribution in [2.24, 2.45) is 0 Å². The second kappa shape index (κ2) is 23.3. The molecule has 154 valence electrons. The maximum absolute atomic E-state index is 10.1. The van der Waals surface area contributed by atoms with Crippen LogP contribution in [0.5, 0.6) is 0 Å². The van der Waals surface area contributed by atoms with Crippen molar-refractivity contribution in [1.29, 1.82) is 0 Å². The zero-order valence-electron chi connectivity index (χ0n) is 16.8. The Balaban J connectivity index is -0.000000152. The first-order valence-electron chi connectivity index (χ1n) is 8.07. The van der Waals surface area contributed by atoms with Gasteiger partial charge >= 0.3 is 17.9 Å². The zero-order chi connectivity index (χ0) is 21.8. The van der Waals surface area contributed by atoms with Gasteiger partial charge in [0, 0.05) is 58.5 Å². The van der Waals surface area contributed by atoms with Crippen LogP contribution in [0.4, 0.5) is 0 Å². The van der Waals surface area contributed by atoms with Crippen LogP contribution in [0.2, 0.25) is 0 Å². The second-order valence-electron chi connectivity index (χ2n) is 5.15. The van der Waals surface area contributed by atoms with Crippen LogP contribution in [-0.2, 0) is 14.4 Å². The predicted molar refractivity (Wildman–Crippen MR) is 109 cm³/mol. The van der Waals surface area contributed by atoms with Gasteiger partial charge in [0.05, 0.1) is 0 Å². The first kappa shape index (κ1) is 33.8. The molecule has 0 aliphatic rings. The average molecular weight is 519 g/mol. The summed E-state index contributed by atoms with van der Waals surface area (Å²) in [6.45, 7) is 15.0. The van der Waals surface area contributed by atoms with E-state index in [1.54, 1.807) is 57.2 Å². The number of rotatable bonds is 9. The second-order valence-corrected chi connectivity index (χ2v) is 5.15. The average Bonchev–Trinajstić information content (AvgIpc) is 2.62. The molecule has 6 nitrogen and oxygen atoms in total. The Hall–Kier alpha value is -1.77. The topological polar surface area (TPSA) is 112 Å². The molecule has 28 heavy (non-hydrogen) atoms. The largest absolute Gasteiger partial charge is 0.478 e. The molecule has 0 saturated carbocycles. The van der Waals surface area contributed by atoms with Gasteiger partial charge in [0.1, 0.15) is 0 Å². The smallest absolute Gasteiger partial charge is 0.330 e. The molecule has 0 heterocycles. The molecule has 0 aromatic carbocycles. The van der Waals surface area contributed by atoms with Crippen LogP contribution in [0.25, 0.3) is 0 Å². The van der Waals surface area contributed by atoms with E-state index in [4.69, 9.17) is 15.3 Å². The molecule has 0 aliphatic carbocycles. The van der Waals surface area contributed by atoms with Crippen molar-refractivity contribution in [3.8, 4) is 0 Å². The standard InChI is InChI=1S/3C7H10O2.Ce/c3*1-3-4-5-6(2)7(8)9;/h3*3,5H,1,4H2,2H3,(H,8,9);. The fraction of sp³-hybridized carbons (Fsp3) is 0.286. The number of hydrogen-bond acceptors (Lipinski definition) is 3. The zero-order valence-corrected chi connectivity index (χ0v) is 19.9. The van der Waals surface area contributed by atoms with Crippen molar-refractivity contribution in [3.63, 3.8) is 0 Å². The summed E-state index contributed by atoms with van der Waals surface area (Å²) in [5.74, 6) is -2.59. The number of carbonyl (C=O) groups is 3. The monoisotopic (exact) mass is 518 g/mol. The Morgan fingerprint density at radius 2 is 0.786 bits per heavy atom.